The Labute approximate surface area is 120 Å². The number of aliphatic hydroxyl groups excluding tert-OH is 1. The molecular formula is C14H22N2O3S. The summed E-state index contributed by atoms with van der Waals surface area (Å²) in [6.45, 7) is 2.13. The first-order chi connectivity index (χ1) is 9.45. The van der Waals surface area contributed by atoms with E-state index in [1.807, 2.05) is 12.1 Å². The van der Waals surface area contributed by atoms with Crippen LogP contribution in [-0.2, 0) is 10.0 Å². The summed E-state index contributed by atoms with van der Waals surface area (Å²) in [6, 6.07) is 7.03. The van der Waals surface area contributed by atoms with Crippen molar-refractivity contribution in [2.45, 2.75) is 17.7 Å². The van der Waals surface area contributed by atoms with Gasteiger partial charge in [0.2, 0.25) is 10.0 Å². The van der Waals surface area contributed by atoms with Gasteiger partial charge in [-0.3, -0.25) is 0 Å². The number of sulfonamides is 1. The van der Waals surface area contributed by atoms with Crippen molar-refractivity contribution >= 4 is 15.7 Å². The van der Waals surface area contributed by atoms with E-state index in [9.17, 15) is 8.42 Å². The molecule has 0 aromatic heterocycles. The summed E-state index contributed by atoms with van der Waals surface area (Å²) in [5.41, 5.74) is 1.04. The fraction of sp³-hybridized carbons (Fsp3) is 0.571. The maximum Gasteiger partial charge on any atom is 0.242 e. The number of aliphatic hydroxyl groups is 1. The Morgan fingerprint density at radius 3 is 2.50 bits per heavy atom. The van der Waals surface area contributed by atoms with Crippen molar-refractivity contribution < 1.29 is 13.5 Å². The molecule has 0 radical (unpaired) electrons. The van der Waals surface area contributed by atoms with Crippen molar-refractivity contribution in [1.29, 1.82) is 0 Å². The normalized spacial score (nSPS) is 19.8. The maximum atomic E-state index is 12.0. The summed E-state index contributed by atoms with van der Waals surface area (Å²) in [6.07, 6.45) is 1.92. The van der Waals surface area contributed by atoms with Crippen LogP contribution in [0.25, 0.3) is 0 Å². The molecule has 0 amide bonds. The lowest BCUT2D eigenvalue weighted by Gasteiger charge is -2.19. The molecule has 1 N–H and O–H groups in total. The van der Waals surface area contributed by atoms with Gasteiger partial charge in [-0.2, -0.15) is 0 Å². The zero-order valence-electron chi connectivity index (χ0n) is 12.0. The number of rotatable bonds is 5. The SMILES string of the molecule is CN(C)S(=O)(=O)c1ccc(N2CCC(CCO)C2)cc1. The third-order valence-electron chi connectivity index (χ3n) is 3.80. The van der Waals surface area contributed by atoms with Crippen molar-refractivity contribution in [3.8, 4) is 0 Å². The van der Waals surface area contributed by atoms with E-state index in [4.69, 9.17) is 5.11 Å². The largest absolute Gasteiger partial charge is 0.396 e. The van der Waals surface area contributed by atoms with Crippen LogP contribution >= 0.6 is 0 Å². The summed E-state index contributed by atoms with van der Waals surface area (Å²) in [4.78, 5) is 2.56. The molecule has 2 rings (SSSR count). The molecule has 0 aliphatic carbocycles. The number of anilines is 1. The van der Waals surface area contributed by atoms with Gasteiger partial charge in [0.1, 0.15) is 0 Å². The molecule has 0 spiro atoms. The van der Waals surface area contributed by atoms with Gasteiger partial charge in [-0.1, -0.05) is 0 Å². The summed E-state index contributed by atoms with van der Waals surface area (Å²) in [7, 11) is -0.293. The van der Waals surface area contributed by atoms with Crippen LogP contribution in [0.2, 0.25) is 0 Å². The summed E-state index contributed by atoms with van der Waals surface area (Å²) >= 11 is 0. The maximum absolute atomic E-state index is 12.0. The van der Waals surface area contributed by atoms with Gasteiger partial charge in [0, 0.05) is 39.5 Å². The Morgan fingerprint density at radius 1 is 1.30 bits per heavy atom. The van der Waals surface area contributed by atoms with Crippen LogP contribution in [0.15, 0.2) is 29.2 Å². The predicted octanol–water partition coefficient (Wildman–Crippen LogP) is 1.15. The van der Waals surface area contributed by atoms with E-state index in [-0.39, 0.29) is 6.61 Å². The van der Waals surface area contributed by atoms with Crippen molar-refractivity contribution in [2.24, 2.45) is 5.92 Å². The molecule has 0 bridgehead atoms. The van der Waals surface area contributed by atoms with Crippen LogP contribution in [0.4, 0.5) is 5.69 Å². The molecule has 1 aromatic rings. The molecule has 1 unspecified atom stereocenters. The molecule has 1 aliphatic heterocycles. The molecular weight excluding hydrogens is 276 g/mol. The minimum absolute atomic E-state index is 0.235. The van der Waals surface area contributed by atoms with Gasteiger partial charge in [0.15, 0.2) is 0 Å². The average molecular weight is 298 g/mol. The van der Waals surface area contributed by atoms with Crippen LogP contribution in [-0.4, -0.2) is 51.6 Å². The second kappa shape index (κ2) is 6.11. The minimum atomic E-state index is -3.35. The van der Waals surface area contributed by atoms with Crippen molar-refractivity contribution in [3.05, 3.63) is 24.3 Å². The van der Waals surface area contributed by atoms with E-state index in [2.05, 4.69) is 4.90 Å². The van der Waals surface area contributed by atoms with Gasteiger partial charge in [-0.25, -0.2) is 12.7 Å². The van der Waals surface area contributed by atoms with Crippen molar-refractivity contribution in [1.82, 2.24) is 4.31 Å². The zero-order chi connectivity index (χ0) is 14.8. The first kappa shape index (κ1) is 15.3. The first-order valence-corrected chi connectivity index (χ1v) is 8.27. The van der Waals surface area contributed by atoms with Crippen molar-refractivity contribution in [2.75, 3.05) is 38.7 Å². The molecule has 1 heterocycles. The summed E-state index contributed by atoms with van der Waals surface area (Å²) in [5.74, 6) is 0.533. The van der Waals surface area contributed by atoms with E-state index in [0.717, 1.165) is 31.6 Å². The Balaban J connectivity index is 2.10. The monoisotopic (exact) mass is 298 g/mol. The van der Waals surface area contributed by atoms with Crippen LogP contribution in [0, 0.1) is 5.92 Å². The van der Waals surface area contributed by atoms with Crippen molar-refractivity contribution in [3.63, 3.8) is 0 Å². The van der Waals surface area contributed by atoms with Gasteiger partial charge in [-0.15, -0.1) is 0 Å². The third-order valence-corrected chi connectivity index (χ3v) is 5.63. The average Bonchev–Trinajstić information content (AvgIpc) is 2.88. The van der Waals surface area contributed by atoms with Gasteiger partial charge in [0.05, 0.1) is 4.90 Å². The van der Waals surface area contributed by atoms with E-state index in [1.54, 1.807) is 12.1 Å². The Morgan fingerprint density at radius 2 is 1.95 bits per heavy atom. The summed E-state index contributed by atoms with van der Waals surface area (Å²) < 4.78 is 25.2. The van der Waals surface area contributed by atoms with Crippen LogP contribution in [0.5, 0.6) is 0 Å². The lowest BCUT2D eigenvalue weighted by atomic mass is 10.1. The highest BCUT2D eigenvalue weighted by Crippen LogP contribution is 2.26. The second-order valence-corrected chi connectivity index (χ2v) is 7.55. The summed E-state index contributed by atoms with van der Waals surface area (Å²) in [5, 5.41) is 8.97. The minimum Gasteiger partial charge on any atom is -0.396 e. The van der Waals surface area contributed by atoms with Crippen LogP contribution in [0.3, 0.4) is 0 Å². The molecule has 1 fully saturated rings. The van der Waals surface area contributed by atoms with Gasteiger partial charge < -0.3 is 10.0 Å². The molecule has 20 heavy (non-hydrogen) atoms. The molecule has 5 nitrogen and oxygen atoms in total. The number of hydrogen-bond acceptors (Lipinski definition) is 4. The smallest absolute Gasteiger partial charge is 0.242 e. The van der Waals surface area contributed by atoms with E-state index in [0.29, 0.717) is 10.8 Å². The third kappa shape index (κ3) is 3.13. The quantitative estimate of drug-likeness (QED) is 0.886. The van der Waals surface area contributed by atoms with Gasteiger partial charge in [-0.05, 0) is 43.0 Å². The highest BCUT2D eigenvalue weighted by Gasteiger charge is 2.23. The highest BCUT2D eigenvalue weighted by atomic mass is 32.2. The Kier molecular flexibility index (Phi) is 4.67. The molecule has 1 aliphatic rings. The fourth-order valence-electron chi connectivity index (χ4n) is 2.53. The molecule has 1 saturated heterocycles. The second-order valence-electron chi connectivity index (χ2n) is 5.39. The number of nitrogens with zero attached hydrogens (tertiary/aromatic N) is 2. The van der Waals surface area contributed by atoms with Crippen LogP contribution in [0.1, 0.15) is 12.8 Å². The lowest BCUT2D eigenvalue weighted by Crippen LogP contribution is -2.23. The zero-order valence-corrected chi connectivity index (χ0v) is 12.8. The van der Waals surface area contributed by atoms with E-state index < -0.39 is 10.0 Å². The highest BCUT2D eigenvalue weighted by molar-refractivity contribution is 7.89. The molecule has 112 valence electrons. The molecule has 0 saturated carbocycles. The van der Waals surface area contributed by atoms with E-state index in [1.165, 1.54) is 18.4 Å². The standard InChI is InChI=1S/C14H22N2O3S/c1-15(2)20(18,19)14-5-3-13(4-6-14)16-9-7-12(11-16)8-10-17/h3-6,12,17H,7-11H2,1-2H3. The Hall–Kier alpha value is -1.11. The van der Waals surface area contributed by atoms with E-state index >= 15 is 0 Å². The van der Waals surface area contributed by atoms with Gasteiger partial charge >= 0.3 is 0 Å². The molecule has 1 atom stereocenters. The molecule has 1 aromatic carbocycles. The first-order valence-electron chi connectivity index (χ1n) is 6.83. The van der Waals surface area contributed by atoms with Gasteiger partial charge in [0.25, 0.3) is 0 Å². The fourth-order valence-corrected chi connectivity index (χ4v) is 3.43. The molecule has 6 heteroatoms. The topological polar surface area (TPSA) is 60.9 Å². The number of hydrogen-bond donors (Lipinski definition) is 1. The predicted molar refractivity (Wildman–Crippen MR) is 79.3 cm³/mol. The van der Waals surface area contributed by atoms with Crippen LogP contribution < -0.4 is 4.90 Å². The Bertz CT molecular complexity index is 540. The number of benzene rings is 1. The lowest BCUT2D eigenvalue weighted by molar-refractivity contribution is 0.263.